The summed E-state index contributed by atoms with van der Waals surface area (Å²) in [5.41, 5.74) is 6.49. The predicted molar refractivity (Wildman–Crippen MR) is 66.2 cm³/mol. The molecule has 0 fully saturated rings. The highest BCUT2D eigenvalue weighted by Gasteiger charge is 2.06. The van der Waals surface area contributed by atoms with Crippen LogP contribution in [0.25, 0.3) is 10.1 Å². The van der Waals surface area contributed by atoms with Crippen LogP contribution in [0.1, 0.15) is 0 Å². The second-order valence-corrected chi connectivity index (χ2v) is 4.98. The van der Waals surface area contributed by atoms with Crippen molar-refractivity contribution in [2.24, 2.45) is 0 Å². The molecule has 0 amide bonds. The fourth-order valence-electron chi connectivity index (χ4n) is 1.09. The van der Waals surface area contributed by atoms with Gasteiger partial charge in [0.2, 0.25) is 0 Å². The lowest BCUT2D eigenvalue weighted by atomic mass is 10.2. The number of halogens is 1. The van der Waals surface area contributed by atoms with Crippen LogP contribution in [0.15, 0.2) is 22.4 Å². The van der Waals surface area contributed by atoms with Gasteiger partial charge < -0.3 is 5.73 Å². The van der Waals surface area contributed by atoms with E-state index in [9.17, 15) is 0 Å². The molecule has 0 atom stereocenters. The Bertz CT molecular complexity index is 436. The fourth-order valence-corrected chi connectivity index (χ4v) is 3.65. The van der Waals surface area contributed by atoms with Crippen molar-refractivity contribution in [1.82, 2.24) is 0 Å². The first kappa shape index (κ1) is 8.65. The highest BCUT2D eigenvalue weighted by Crippen LogP contribution is 2.35. The third-order valence-corrected chi connectivity index (χ3v) is 4.40. The highest BCUT2D eigenvalue weighted by molar-refractivity contribution is 14.1. The SMILES string of the molecule is Nc1ccc2scc(I)c2c1S. The summed E-state index contributed by atoms with van der Waals surface area (Å²) in [6.07, 6.45) is 0. The Morgan fingerprint density at radius 2 is 2.17 bits per heavy atom. The maximum absolute atomic E-state index is 5.74. The van der Waals surface area contributed by atoms with Crippen LogP contribution in [0.2, 0.25) is 0 Å². The van der Waals surface area contributed by atoms with Gasteiger partial charge >= 0.3 is 0 Å². The summed E-state index contributed by atoms with van der Waals surface area (Å²) < 4.78 is 2.48. The Hall–Kier alpha value is 0.0600. The zero-order valence-electron chi connectivity index (χ0n) is 6.04. The first-order valence-electron chi connectivity index (χ1n) is 3.34. The molecule has 1 aromatic heterocycles. The largest absolute Gasteiger partial charge is 0.398 e. The number of benzene rings is 1. The number of anilines is 1. The quantitative estimate of drug-likeness (QED) is 0.435. The molecular weight excluding hydrogens is 301 g/mol. The molecule has 0 bridgehead atoms. The minimum atomic E-state index is 0.752. The molecule has 0 saturated carbocycles. The van der Waals surface area contributed by atoms with E-state index >= 15 is 0 Å². The molecule has 12 heavy (non-hydrogen) atoms. The van der Waals surface area contributed by atoms with E-state index in [2.05, 4.69) is 40.6 Å². The van der Waals surface area contributed by atoms with Crippen LogP contribution >= 0.6 is 46.6 Å². The molecule has 1 heterocycles. The molecule has 4 heteroatoms. The number of thiophene rings is 1. The monoisotopic (exact) mass is 307 g/mol. The minimum absolute atomic E-state index is 0.752. The van der Waals surface area contributed by atoms with Crippen molar-refractivity contribution in [2.45, 2.75) is 4.90 Å². The van der Waals surface area contributed by atoms with Crippen molar-refractivity contribution < 1.29 is 0 Å². The topological polar surface area (TPSA) is 26.0 Å². The van der Waals surface area contributed by atoms with E-state index in [0.29, 0.717) is 0 Å². The Morgan fingerprint density at radius 1 is 1.42 bits per heavy atom. The van der Waals surface area contributed by atoms with Gasteiger partial charge in [0, 0.05) is 29.6 Å². The molecule has 0 aliphatic carbocycles. The average molecular weight is 307 g/mol. The van der Waals surface area contributed by atoms with Gasteiger partial charge in [0.1, 0.15) is 0 Å². The van der Waals surface area contributed by atoms with Crippen molar-refractivity contribution >= 4 is 62.3 Å². The van der Waals surface area contributed by atoms with Crippen LogP contribution < -0.4 is 5.73 Å². The van der Waals surface area contributed by atoms with Crippen LogP contribution in [0, 0.1) is 3.57 Å². The number of nitrogen functional groups attached to an aromatic ring is 1. The van der Waals surface area contributed by atoms with E-state index in [-0.39, 0.29) is 0 Å². The molecular formula is C8H6INS2. The summed E-state index contributed by atoms with van der Waals surface area (Å²) in [5.74, 6) is 0. The first-order chi connectivity index (χ1) is 5.70. The molecule has 1 nitrogen and oxygen atoms in total. The number of hydrogen-bond acceptors (Lipinski definition) is 3. The minimum Gasteiger partial charge on any atom is -0.398 e. The Balaban J connectivity index is 2.96. The van der Waals surface area contributed by atoms with E-state index in [4.69, 9.17) is 5.73 Å². The summed E-state index contributed by atoms with van der Waals surface area (Å²) in [6.45, 7) is 0. The van der Waals surface area contributed by atoms with E-state index < -0.39 is 0 Å². The van der Waals surface area contributed by atoms with Crippen molar-refractivity contribution in [1.29, 1.82) is 0 Å². The van der Waals surface area contributed by atoms with Crippen LogP contribution in [-0.2, 0) is 0 Å². The summed E-state index contributed by atoms with van der Waals surface area (Å²) >= 11 is 8.40. The predicted octanol–water partition coefficient (Wildman–Crippen LogP) is 3.38. The Morgan fingerprint density at radius 3 is 2.92 bits per heavy atom. The van der Waals surface area contributed by atoms with Gasteiger partial charge in [0.15, 0.2) is 0 Å². The molecule has 2 aromatic rings. The summed E-state index contributed by atoms with van der Waals surface area (Å²) in [4.78, 5) is 0.901. The number of nitrogens with two attached hydrogens (primary N) is 1. The Labute approximate surface area is 93.5 Å². The highest BCUT2D eigenvalue weighted by atomic mass is 127. The number of fused-ring (bicyclic) bond motifs is 1. The normalized spacial score (nSPS) is 10.8. The van der Waals surface area contributed by atoms with Gasteiger partial charge in [-0.3, -0.25) is 0 Å². The molecule has 1 aromatic carbocycles. The van der Waals surface area contributed by atoms with Gasteiger partial charge in [-0.2, -0.15) is 0 Å². The van der Waals surface area contributed by atoms with Crippen molar-refractivity contribution in [2.75, 3.05) is 5.73 Å². The maximum Gasteiger partial charge on any atom is 0.0457 e. The van der Waals surface area contributed by atoms with Gasteiger partial charge in [-0.15, -0.1) is 24.0 Å². The van der Waals surface area contributed by atoms with Crippen molar-refractivity contribution in [3.05, 3.63) is 21.1 Å². The fraction of sp³-hybridized carbons (Fsp3) is 0. The standard InChI is InChI=1S/C8H6INS2/c9-4-3-12-6-2-1-5(10)8(11)7(4)6/h1-3,11H,10H2. The third-order valence-electron chi connectivity index (χ3n) is 1.70. The molecule has 0 aliphatic heterocycles. The van der Waals surface area contributed by atoms with Crippen molar-refractivity contribution in [3.63, 3.8) is 0 Å². The summed E-state index contributed by atoms with van der Waals surface area (Å²) in [7, 11) is 0. The number of rotatable bonds is 0. The maximum atomic E-state index is 5.74. The van der Waals surface area contributed by atoms with E-state index in [1.807, 2.05) is 12.1 Å². The molecule has 0 aliphatic rings. The van der Waals surface area contributed by atoms with E-state index in [1.165, 1.54) is 13.7 Å². The number of thiol groups is 1. The van der Waals surface area contributed by atoms with Crippen LogP contribution in [-0.4, -0.2) is 0 Å². The first-order valence-corrected chi connectivity index (χ1v) is 5.75. The van der Waals surface area contributed by atoms with Gasteiger partial charge in [0.05, 0.1) is 0 Å². The van der Waals surface area contributed by atoms with Gasteiger partial charge in [-0.25, -0.2) is 0 Å². The smallest absolute Gasteiger partial charge is 0.0457 e. The molecule has 62 valence electrons. The lowest BCUT2D eigenvalue weighted by molar-refractivity contribution is 1.56. The molecule has 0 saturated heterocycles. The third kappa shape index (κ3) is 1.22. The second kappa shape index (κ2) is 3.08. The van der Waals surface area contributed by atoms with E-state index in [0.717, 1.165) is 10.6 Å². The number of hydrogen-bond donors (Lipinski definition) is 2. The van der Waals surface area contributed by atoms with Gasteiger partial charge in [-0.05, 0) is 34.7 Å². The van der Waals surface area contributed by atoms with Crippen LogP contribution in [0.5, 0.6) is 0 Å². The van der Waals surface area contributed by atoms with E-state index in [1.54, 1.807) is 11.3 Å². The van der Waals surface area contributed by atoms with Gasteiger partial charge in [-0.1, -0.05) is 0 Å². The molecule has 0 unspecified atom stereocenters. The van der Waals surface area contributed by atoms with Crippen LogP contribution in [0.3, 0.4) is 0 Å². The second-order valence-electron chi connectivity index (χ2n) is 2.46. The summed E-state index contributed by atoms with van der Waals surface area (Å²) in [6, 6.07) is 3.94. The molecule has 2 rings (SSSR count). The average Bonchev–Trinajstić information content (AvgIpc) is 2.41. The molecule has 0 radical (unpaired) electrons. The Kier molecular flexibility index (Phi) is 2.22. The summed E-state index contributed by atoms with van der Waals surface area (Å²) in [5, 5.41) is 3.30. The zero-order chi connectivity index (χ0) is 8.72. The zero-order valence-corrected chi connectivity index (χ0v) is 9.91. The van der Waals surface area contributed by atoms with Crippen LogP contribution in [0.4, 0.5) is 5.69 Å². The van der Waals surface area contributed by atoms with Crippen molar-refractivity contribution in [3.8, 4) is 0 Å². The molecule has 2 N–H and O–H groups in total. The lowest BCUT2D eigenvalue weighted by Crippen LogP contribution is -1.86. The van der Waals surface area contributed by atoms with Gasteiger partial charge in [0.25, 0.3) is 0 Å². The lowest BCUT2D eigenvalue weighted by Gasteiger charge is -2.00. The molecule has 0 spiro atoms.